The van der Waals surface area contributed by atoms with Gasteiger partial charge in [-0.1, -0.05) is 0 Å². The van der Waals surface area contributed by atoms with Crippen molar-refractivity contribution in [1.29, 1.82) is 0 Å². The molecule has 0 aromatic carbocycles. The molecule has 0 saturated carbocycles. The zero-order chi connectivity index (χ0) is 10.3. The largest absolute Gasteiger partial charge is 0.512 e. The molecule has 2 rings (SSSR count). The zero-order valence-corrected chi connectivity index (χ0v) is 7.72. The van der Waals surface area contributed by atoms with E-state index in [1.54, 1.807) is 6.92 Å². The first-order valence-electron chi connectivity index (χ1n) is 4.02. The zero-order valence-electron chi connectivity index (χ0n) is 7.72. The number of aryl methyl sites for hydroxylation is 1. The highest BCUT2D eigenvalue weighted by Gasteiger charge is 2.05. The fourth-order valence-corrected chi connectivity index (χ4v) is 1.16. The summed E-state index contributed by atoms with van der Waals surface area (Å²) in [7, 11) is 0. The molecule has 0 atom stereocenters. The molecule has 2 heterocycles. The van der Waals surface area contributed by atoms with Gasteiger partial charge in [0.2, 0.25) is 0 Å². The van der Waals surface area contributed by atoms with Gasteiger partial charge < -0.3 is 5.11 Å². The summed E-state index contributed by atoms with van der Waals surface area (Å²) in [6.45, 7) is 3.09. The highest BCUT2D eigenvalue weighted by atomic mass is 16.3. The molecule has 0 amide bonds. The van der Waals surface area contributed by atoms with Crippen LogP contribution in [0.2, 0.25) is 0 Å². The second kappa shape index (κ2) is 2.76. The van der Waals surface area contributed by atoms with Gasteiger partial charge in [0.05, 0.1) is 5.22 Å². The van der Waals surface area contributed by atoms with Crippen LogP contribution in [0.1, 0.15) is 12.7 Å². The van der Waals surface area contributed by atoms with Gasteiger partial charge in [-0.25, -0.2) is 4.98 Å². The monoisotopic (exact) mass is 192 g/mol. The van der Waals surface area contributed by atoms with Crippen LogP contribution < -0.4 is 10.8 Å². The Bertz CT molecular complexity index is 598. The summed E-state index contributed by atoms with van der Waals surface area (Å²) >= 11 is 0. The number of rotatable bonds is 0. The number of aliphatic hydroxyl groups excluding tert-OH is 1. The van der Waals surface area contributed by atoms with E-state index in [0.29, 0.717) is 5.82 Å². The second-order valence-electron chi connectivity index (χ2n) is 2.93. The Morgan fingerprint density at radius 3 is 2.93 bits per heavy atom. The maximum Gasteiger partial charge on any atom is 0.286 e. The standard InChI is InChI=1S/C8H8N4O2/c1-4(13)6-3-9-8-10-5(2)11-12(8)7(6)14/h3,13H,1-2H3/b6-4+. The van der Waals surface area contributed by atoms with Crippen LogP contribution in [0.4, 0.5) is 0 Å². The first-order chi connectivity index (χ1) is 6.59. The number of aromatic nitrogens is 4. The Hall–Kier alpha value is -1.98. The number of hydrogen-bond acceptors (Lipinski definition) is 5. The van der Waals surface area contributed by atoms with Gasteiger partial charge in [-0.2, -0.15) is 9.50 Å². The van der Waals surface area contributed by atoms with Crippen LogP contribution in [0, 0.1) is 6.92 Å². The lowest BCUT2D eigenvalue weighted by atomic mass is 10.4. The summed E-state index contributed by atoms with van der Waals surface area (Å²) in [5.74, 6) is 0.650. The van der Waals surface area contributed by atoms with Crippen molar-refractivity contribution in [3.8, 4) is 0 Å². The predicted molar refractivity (Wildman–Crippen MR) is 48.7 cm³/mol. The Balaban J connectivity index is 3.03. The minimum atomic E-state index is -0.407. The molecule has 0 aliphatic heterocycles. The lowest BCUT2D eigenvalue weighted by Gasteiger charge is -1.90. The lowest BCUT2D eigenvalue weighted by molar-refractivity contribution is 0.497. The molecule has 72 valence electrons. The van der Waals surface area contributed by atoms with E-state index in [1.807, 2.05) is 0 Å². The van der Waals surface area contributed by atoms with Gasteiger partial charge >= 0.3 is 0 Å². The van der Waals surface area contributed by atoms with Crippen molar-refractivity contribution in [2.75, 3.05) is 0 Å². The van der Waals surface area contributed by atoms with Gasteiger partial charge in [-0.3, -0.25) is 4.79 Å². The Morgan fingerprint density at radius 1 is 1.57 bits per heavy atom. The fourth-order valence-electron chi connectivity index (χ4n) is 1.16. The molecular formula is C8H8N4O2. The number of hydrogen-bond donors (Lipinski definition) is 1. The quantitative estimate of drug-likeness (QED) is 0.591. The van der Waals surface area contributed by atoms with Crippen molar-refractivity contribution in [1.82, 2.24) is 19.6 Å². The van der Waals surface area contributed by atoms with Gasteiger partial charge in [-0.05, 0) is 13.8 Å². The molecule has 2 aromatic heterocycles. The van der Waals surface area contributed by atoms with Gasteiger partial charge in [0, 0.05) is 6.20 Å². The lowest BCUT2D eigenvalue weighted by Crippen LogP contribution is -2.33. The summed E-state index contributed by atoms with van der Waals surface area (Å²) in [4.78, 5) is 19.4. The maximum atomic E-state index is 11.6. The van der Waals surface area contributed by atoms with Crippen molar-refractivity contribution in [3.05, 3.63) is 27.6 Å². The highest BCUT2D eigenvalue weighted by molar-refractivity contribution is 5.32. The second-order valence-corrected chi connectivity index (χ2v) is 2.93. The van der Waals surface area contributed by atoms with E-state index >= 15 is 0 Å². The summed E-state index contributed by atoms with van der Waals surface area (Å²) < 4.78 is 1.07. The third-order valence-corrected chi connectivity index (χ3v) is 1.82. The molecule has 0 aliphatic carbocycles. The summed E-state index contributed by atoms with van der Waals surface area (Å²) in [6, 6.07) is 0. The molecule has 14 heavy (non-hydrogen) atoms. The van der Waals surface area contributed by atoms with Crippen LogP contribution in [0.15, 0.2) is 11.0 Å². The van der Waals surface area contributed by atoms with E-state index in [-0.39, 0.29) is 16.8 Å². The van der Waals surface area contributed by atoms with Crippen LogP contribution in [0.5, 0.6) is 0 Å². The van der Waals surface area contributed by atoms with Gasteiger partial charge in [0.1, 0.15) is 11.6 Å². The number of fused-ring (bicyclic) bond motifs is 1. The minimum Gasteiger partial charge on any atom is -0.512 e. The third kappa shape index (κ3) is 1.12. The molecule has 2 aromatic rings. The van der Waals surface area contributed by atoms with Crippen molar-refractivity contribution < 1.29 is 5.11 Å². The molecule has 1 N–H and O–H groups in total. The van der Waals surface area contributed by atoms with Crippen LogP contribution >= 0.6 is 0 Å². The molecule has 0 saturated heterocycles. The Labute approximate surface area is 78.5 Å². The molecular weight excluding hydrogens is 184 g/mol. The molecule has 0 spiro atoms. The first-order valence-corrected chi connectivity index (χ1v) is 4.02. The van der Waals surface area contributed by atoms with E-state index < -0.39 is 5.56 Å². The van der Waals surface area contributed by atoms with Gasteiger partial charge in [0.15, 0.2) is 0 Å². The first kappa shape index (κ1) is 8.61. The topological polar surface area (TPSA) is 80.4 Å². The molecule has 6 heteroatoms. The van der Waals surface area contributed by atoms with Gasteiger partial charge in [0.25, 0.3) is 11.3 Å². The van der Waals surface area contributed by atoms with E-state index in [1.165, 1.54) is 13.1 Å². The smallest absolute Gasteiger partial charge is 0.286 e. The van der Waals surface area contributed by atoms with Crippen LogP contribution in [-0.4, -0.2) is 24.7 Å². The molecule has 6 nitrogen and oxygen atoms in total. The minimum absolute atomic E-state index is 0.0717. The van der Waals surface area contributed by atoms with E-state index in [9.17, 15) is 9.90 Å². The van der Waals surface area contributed by atoms with Crippen molar-refractivity contribution in [2.24, 2.45) is 0 Å². The SMILES string of the molecule is C/C(O)=c1/cnc2nc(C)nn2c1=O. The van der Waals surface area contributed by atoms with E-state index in [2.05, 4.69) is 15.1 Å². The summed E-state index contributed by atoms with van der Waals surface area (Å²) in [5, 5.41) is 13.2. The molecule has 0 unspecified atom stereocenters. The average molecular weight is 192 g/mol. The van der Waals surface area contributed by atoms with Crippen LogP contribution in [0.3, 0.4) is 0 Å². The summed E-state index contributed by atoms with van der Waals surface area (Å²) in [5.41, 5.74) is -0.407. The van der Waals surface area contributed by atoms with Gasteiger partial charge in [-0.15, -0.1) is 5.10 Å². The Kier molecular flexibility index (Phi) is 1.70. The maximum absolute atomic E-state index is 11.6. The number of aliphatic hydroxyl groups is 1. The highest BCUT2D eigenvalue weighted by Crippen LogP contribution is 1.89. The number of nitrogens with zero attached hydrogens (tertiary/aromatic N) is 4. The molecule has 0 bridgehead atoms. The van der Waals surface area contributed by atoms with Crippen LogP contribution in [0.25, 0.3) is 11.5 Å². The normalized spacial score (nSPS) is 13.3. The van der Waals surface area contributed by atoms with Crippen LogP contribution in [-0.2, 0) is 0 Å². The van der Waals surface area contributed by atoms with Crippen molar-refractivity contribution in [2.45, 2.75) is 13.8 Å². The molecule has 0 fully saturated rings. The summed E-state index contributed by atoms with van der Waals surface area (Å²) in [6.07, 6.45) is 1.29. The molecule has 0 radical (unpaired) electrons. The van der Waals surface area contributed by atoms with Crippen molar-refractivity contribution in [3.63, 3.8) is 0 Å². The average Bonchev–Trinajstić information content (AvgIpc) is 2.46. The third-order valence-electron chi connectivity index (χ3n) is 1.82. The predicted octanol–water partition coefficient (Wildman–Crippen LogP) is -0.802. The van der Waals surface area contributed by atoms with E-state index in [0.717, 1.165) is 4.52 Å². The fraction of sp³-hybridized carbons (Fsp3) is 0.250. The van der Waals surface area contributed by atoms with Crippen molar-refractivity contribution >= 4 is 11.5 Å². The Morgan fingerprint density at radius 2 is 2.29 bits per heavy atom. The molecule has 0 aliphatic rings. The van der Waals surface area contributed by atoms with E-state index in [4.69, 9.17) is 0 Å².